The van der Waals surface area contributed by atoms with E-state index in [4.69, 9.17) is 9.15 Å². The Morgan fingerprint density at radius 1 is 1.27 bits per heavy atom. The highest BCUT2D eigenvalue weighted by atomic mass is 32.2. The molecule has 1 aromatic carbocycles. The summed E-state index contributed by atoms with van der Waals surface area (Å²) in [4.78, 5) is 25.0. The molecule has 8 nitrogen and oxygen atoms in total. The molecule has 0 atom stereocenters. The molecule has 30 heavy (non-hydrogen) atoms. The third kappa shape index (κ3) is 5.67. The van der Waals surface area contributed by atoms with Gasteiger partial charge in [0.25, 0.3) is 0 Å². The number of hydrogen-bond acceptors (Lipinski definition) is 6. The standard InChI is InChI=1S/C20H23FN2O6S/c1-14-12-16(13-20(25)28-14)29-15-7-10-23(11-8-15)19(24)6-9-22-30(26,27)18-5-3-2-4-17(18)21/h2-5,12-13,15,22H,6-11H2,1H3. The third-order valence-corrected chi connectivity index (χ3v) is 6.22. The van der Waals surface area contributed by atoms with Crippen LogP contribution in [-0.2, 0) is 14.8 Å². The quantitative estimate of drug-likeness (QED) is 0.707. The first-order chi connectivity index (χ1) is 14.2. The van der Waals surface area contributed by atoms with Crippen LogP contribution in [0.15, 0.2) is 50.5 Å². The van der Waals surface area contributed by atoms with Crippen LogP contribution in [0, 0.1) is 12.7 Å². The summed E-state index contributed by atoms with van der Waals surface area (Å²) in [5.41, 5.74) is -0.476. The van der Waals surface area contributed by atoms with E-state index in [9.17, 15) is 22.4 Å². The molecule has 0 unspecified atom stereocenters. The first-order valence-electron chi connectivity index (χ1n) is 9.55. The second-order valence-electron chi connectivity index (χ2n) is 7.00. The van der Waals surface area contributed by atoms with Crippen molar-refractivity contribution in [1.82, 2.24) is 9.62 Å². The molecule has 1 amide bonds. The number of nitrogens with zero attached hydrogens (tertiary/aromatic N) is 1. The maximum Gasteiger partial charge on any atom is 0.339 e. The molecule has 1 fully saturated rings. The lowest BCUT2D eigenvalue weighted by molar-refractivity contribution is -0.132. The minimum atomic E-state index is -4.02. The van der Waals surface area contributed by atoms with Gasteiger partial charge in [-0.2, -0.15) is 0 Å². The van der Waals surface area contributed by atoms with Crippen LogP contribution in [0.2, 0.25) is 0 Å². The molecule has 0 bridgehead atoms. The van der Waals surface area contributed by atoms with E-state index < -0.39 is 26.4 Å². The maximum absolute atomic E-state index is 13.7. The molecular formula is C20H23FN2O6S. The Morgan fingerprint density at radius 2 is 1.97 bits per heavy atom. The van der Waals surface area contributed by atoms with Gasteiger partial charge < -0.3 is 14.1 Å². The number of likely N-dealkylation sites (tertiary alicyclic amines) is 1. The molecule has 2 aromatic rings. The molecule has 0 saturated carbocycles. The van der Waals surface area contributed by atoms with Crippen LogP contribution in [-0.4, -0.2) is 45.0 Å². The number of halogens is 1. The van der Waals surface area contributed by atoms with E-state index in [0.29, 0.717) is 37.4 Å². The summed E-state index contributed by atoms with van der Waals surface area (Å²) in [5.74, 6) is -0.135. The summed E-state index contributed by atoms with van der Waals surface area (Å²) >= 11 is 0. The highest BCUT2D eigenvalue weighted by Gasteiger charge is 2.25. The van der Waals surface area contributed by atoms with Gasteiger partial charge in [-0.05, 0) is 19.1 Å². The molecule has 1 N–H and O–H groups in total. The number of ether oxygens (including phenoxy) is 1. The van der Waals surface area contributed by atoms with Crippen molar-refractivity contribution in [3.8, 4) is 5.75 Å². The lowest BCUT2D eigenvalue weighted by Crippen LogP contribution is -2.42. The van der Waals surface area contributed by atoms with Crippen LogP contribution >= 0.6 is 0 Å². The fourth-order valence-corrected chi connectivity index (χ4v) is 4.36. The van der Waals surface area contributed by atoms with Crippen molar-refractivity contribution in [1.29, 1.82) is 0 Å². The zero-order valence-electron chi connectivity index (χ0n) is 16.5. The van der Waals surface area contributed by atoms with Gasteiger partial charge in [0, 0.05) is 45.0 Å². The van der Waals surface area contributed by atoms with Crippen LogP contribution in [0.3, 0.4) is 0 Å². The normalized spacial score (nSPS) is 15.2. The average molecular weight is 438 g/mol. The van der Waals surface area contributed by atoms with Crippen molar-refractivity contribution < 1.29 is 26.8 Å². The number of carbonyl (C=O) groups is 1. The van der Waals surface area contributed by atoms with Gasteiger partial charge in [0.15, 0.2) is 0 Å². The topological polar surface area (TPSA) is 106 Å². The number of aryl methyl sites for hydroxylation is 1. The minimum Gasteiger partial charge on any atom is -0.490 e. The largest absolute Gasteiger partial charge is 0.490 e. The lowest BCUT2D eigenvalue weighted by atomic mass is 10.1. The van der Waals surface area contributed by atoms with Crippen LogP contribution in [0.1, 0.15) is 25.0 Å². The zero-order chi connectivity index (χ0) is 21.7. The summed E-state index contributed by atoms with van der Waals surface area (Å²) in [5, 5.41) is 0. The number of benzene rings is 1. The second kappa shape index (κ2) is 9.40. The Labute approximate surface area is 173 Å². The number of rotatable bonds is 7. The van der Waals surface area contributed by atoms with E-state index in [1.54, 1.807) is 17.9 Å². The predicted octanol–water partition coefficient (Wildman–Crippen LogP) is 1.83. The summed E-state index contributed by atoms with van der Waals surface area (Å²) < 4.78 is 50.9. The third-order valence-electron chi connectivity index (χ3n) is 4.72. The molecule has 0 aliphatic carbocycles. The molecule has 162 valence electrons. The van der Waals surface area contributed by atoms with Crippen molar-refractivity contribution in [2.75, 3.05) is 19.6 Å². The summed E-state index contributed by atoms with van der Waals surface area (Å²) in [6.07, 6.45) is 1.02. The fraction of sp³-hybridized carbons (Fsp3) is 0.400. The molecule has 1 saturated heterocycles. The first-order valence-corrected chi connectivity index (χ1v) is 11.0. The van der Waals surface area contributed by atoms with Crippen LogP contribution in [0.25, 0.3) is 0 Å². The highest BCUT2D eigenvalue weighted by Crippen LogP contribution is 2.19. The number of carbonyl (C=O) groups excluding carboxylic acids is 1. The maximum atomic E-state index is 13.7. The average Bonchev–Trinajstić information content (AvgIpc) is 2.67. The van der Waals surface area contributed by atoms with Gasteiger partial charge in [-0.25, -0.2) is 22.3 Å². The van der Waals surface area contributed by atoms with E-state index in [-0.39, 0.29) is 25.0 Å². The van der Waals surface area contributed by atoms with Crippen molar-refractivity contribution in [3.05, 3.63) is 58.4 Å². The predicted molar refractivity (Wildman–Crippen MR) is 106 cm³/mol. The van der Waals surface area contributed by atoms with Crippen molar-refractivity contribution >= 4 is 15.9 Å². The monoisotopic (exact) mass is 438 g/mol. The molecule has 10 heteroatoms. The Bertz CT molecular complexity index is 1060. The molecular weight excluding hydrogens is 415 g/mol. The van der Waals surface area contributed by atoms with Crippen molar-refractivity contribution in [3.63, 3.8) is 0 Å². The Balaban J connectivity index is 1.45. The van der Waals surface area contributed by atoms with E-state index >= 15 is 0 Å². The SMILES string of the molecule is Cc1cc(OC2CCN(C(=O)CCNS(=O)(=O)c3ccccc3F)CC2)cc(=O)o1. The Morgan fingerprint density at radius 3 is 2.63 bits per heavy atom. The van der Waals surface area contributed by atoms with E-state index in [1.165, 1.54) is 24.3 Å². The van der Waals surface area contributed by atoms with Gasteiger partial charge >= 0.3 is 5.63 Å². The van der Waals surface area contributed by atoms with Crippen LogP contribution in [0.4, 0.5) is 4.39 Å². The lowest BCUT2D eigenvalue weighted by Gasteiger charge is -2.32. The molecule has 1 aliphatic heterocycles. The van der Waals surface area contributed by atoms with Gasteiger partial charge in [0.1, 0.15) is 28.3 Å². The van der Waals surface area contributed by atoms with E-state index in [1.807, 2.05) is 0 Å². The molecule has 1 aromatic heterocycles. The van der Waals surface area contributed by atoms with Gasteiger partial charge in [-0.3, -0.25) is 4.79 Å². The first kappa shape index (κ1) is 22.0. The Hall–Kier alpha value is -2.72. The van der Waals surface area contributed by atoms with Gasteiger partial charge in [-0.15, -0.1) is 0 Å². The highest BCUT2D eigenvalue weighted by molar-refractivity contribution is 7.89. The molecule has 0 radical (unpaired) electrons. The molecule has 1 aliphatic rings. The van der Waals surface area contributed by atoms with E-state index in [0.717, 1.165) is 6.07 Å². The van der Waals surface area contributed by atoms with Crippen LogP contribution in [0.5, 0.6) is 5.75 Å². The summed E-state index contributed by atoms with van der Waals surface area (Å²) in [6.45, 7) is 2.47. The number of hydrogen-bond donors (Lipinski definition) is 1. The Kier molecular flexibility index (Phi) is 6.88. The summed E-state index contributed by atoms with van der Waals surface area (Å²) in [6, 6.07) is 7.99. The van der Waals surface area contributed by atoms with Crippen molar-refractivity contribution in [2.45, 2.75) is 37.2 Å². The number of amides is 1. The molecule has 3 rings (SSSR count). The number of sulfonamides is 1. The zero-order valence-corrected chi connectivity index (χ0v) is 17.3. The molecule has 0 spiro atoms. The minimum absolute atomic E-state index is 0.0296. The van der Waals surface area contributed by atoms with Gasteiger partial charge in [0.05, 0.1) is 6.07 Å². The fourth-order valence-electron chi connectivity index (χ4n) is 3.25. The van der Waals surface area contributed by atoms with Crippen molar-refractivity contribution in [2.24, 2.45) is 0 Å². The second-order valence-corrected chi connectivity index (χ2v) is 8.73. The summed E-state index contributed by atoms with van der Waals surface area (Å²) in [7, 11) is -4.02. The smallest absolute Gasteiger partial charge is 0.339 e. The number of piperidine rings is 1. The van der Waals surface area contributed by atoms with Gasteiger partial charge in [-0.1, -0.05) is 12.1 Å². The van der Waals surface area contributed by atoms with E-state index in [2.05, 4.69) is 4.72 Å². The van der Waals surface area contributed by atoms with Crippen LogP contribution < -0.4 is 15.1 Å². The molecule has 2 heterocycles. The van der Waals surface area contributed by atoms with Gasteiger partial charge in [0.2, 0.25) is 15.9 Å². The number of nitrogens with one attached hydrogen (secondary N) is 1.